The van der Waals surface area contributed by atoms with E-state index in [9.17, 15) is 4.79 Å². The molecule has 0 aromatic carbocycles. The summed E-state index contributed by atoms with van der Waals surface area (Å²) < 4.78 is 0. The first-order valence-electron chi connectivity index (χ1n) is 5.93. The number of rotatable bonds is 8. The highest BCUT2D eigenvalue weighted by atomic mass is 35.5. The maximum Gasteiger partial charge on any atom is 0.164 e. The Morgan fingerprint density at radius 3 is 2.44 bits per heavy atom. The van der Waals surface area contributed by atoms with Gasteiger partial charge in [-0.1, -0.05) is 27.2 Å². The molecule has 0 aliphatic rings. The third-order valence-electron chi connectivity index (χ3n) is 2.35. The van der Waals surface area contributed by atoms with Crippen molar-refractivity contribution < 1.29 is 4.79 Å². The molecule has 0 amide bonds. The van der Waals surface area contributed by atoms with Crippen molar-refractivity contribution in [3.8, 4) is 0 Å². The summed E-state index contributed by atoms with van der Waals surface area (Å²) in [4.78, 5) is 11.6. The highest BCUT2D eigenvalue weighted by Gasteiger charge is 2.19. The summed E-state index contributed by atoms with van der Waals surface area (Å²) in [6.07, 6.45) is 2.77. The number of carbonyl (C=O) groups is 1. The number of alkyl halides is 1. The number of Topliss-reactive ketones (excluding diaryl/α,β-unsaturated/α-hetero) is 1. The molecule has 0 unspecified atom stereocenters. The van der Waals surface area contributed by atoms with Gasteiger partial charge in [0.25, 0.3) is 0 Å². The average molecular weight is 249 g/mol. The van der Waals surface area contributed by atoms with Gasteiger partial charge in [-0.25, -0.2) is 0 Å². The fraction of sp³-hybridized carbons (Fsp3) is 0.917. The van der Waals surface area contributed by atoms with Gasteiger partial charge in [-0.15, -0.1) is 11.6 Å². The molecule has 0 saturated heterocycles. The number of unbranched alkanes of at least 4 members (excludes halogenated alkanes) is 1. The molecule has 3 N–H and O–H groups in total. The topological polar surface area (TPSA) is 55.1 Å². The quantitative estimate of drug-likeness (QED) is 0.510. The maximum absolute atomic E-state index is 11.6. The first-order valence-corrected chi connectivity index (χ1v) is 6.46. The molecule has 1 atom stereocenters. The van der Waals surface area contributed by atoms with E-state index in [0.717, 1.165) is 25.8 Å². The Kier molecular flexibility index (Phi) is 7.98. The molecule has 0 spiro atoms. The van der Waals surface area contributed by atoms with Crippen molar-refractivity contribution in [1.29, 1.82) is 0 Å². The van der Waals surface area contributed by atoms with Crippen molar-refractivity contribution in [3.05, 3.63) is 0 Å². The van der Waals surface area contributed by atoms with Gasteiger partial charge in [0.15, 0.2) is 5.78 Å². The van der Waals surface area contributed by atoms with Gasteiger partial charge in [0.2, 0.25) is 0 Å². The number of nitrogens with two attached hydrogens (primary N) is 1. The third kappa shape index (κ3) is 8.08. The average Bonchev–Trinajstić information content (AvgIpc) is 2.20. The minimum absolute atomic E-state index is 0.0861. The number of nitrogens with one attached hydrogen (secondary N) is 1. The Hall–Kier alpha value is -0.120. The molecule has 0 aliphatic heterocycles. The molecule has 0 fully saturated rings. The van der Waals surface area contributed by atoms with E-state index in [1.54, 1.807) is 0 Å². The Bertz CT molecular complexity index is 202. The molecule has 96 valence electrons. The highest BCUT2D eigenvalue weighted by Crippen LogP contribution is 2.12. The standard InChI is InChI=1S/C12H25ClN2O/c1-12(2,3)9-15-10(11(16)8-13)6-4-5-7-14/h10,15H,4-9,14H2,1-3H3/t10-/m0/s1. The van der Waals surface area contributed by atoms with Crippen molar-refractivity contribution in [2.24, 2.45) is 11.1 Å². The minimum Gasteiger partial charge on any atom is -0.330 e. The van der Waals surface area contributed by atoms with E-state index in [4.69, 9.17) is 17.3 Å². The zero-order valence-electron chi connectivity index (χ0n) is 10.7. The van der Waals surface area contributed by atoms with Gasteiger partial charge in [0.1, 0.15) is 0 Å². The van der Waals surface area contributed by atoms with Crippen LogP contribution in [0, 0.1) is 5.41 Å². The summed E-state index contributed by atoms with van der Waals surface area (Å²) in [5, 5.41) is 3.29. The minimum atomic E-state index is -0.108. The molecule has 0 rings (SSSR count). The van der Waals surface area contributed by atoms with E-state index in [1.807, 2.05) is 0 Å². The Labute approximate surface area is 104 Å². The summed E-state index contributed by atoms with van der Waals surface area (Å²) in [5.74, 6) is 0.174. The van der Waals surface area contributed by atoms with Crippen LogP contribution < -0.4 is 11.1 Å². The molecule has 16 heavy (non-hydrogen) atoms. The Morgan fingerprint density at radius 2 is 2.00 bits per heavy atom. The molecular weight excluding hydrogens is 224 g/mol. The second-order valence-electron chi connectivity index (χ2n) is 5.38. The molecule has 0 heterocycles. The van der Waals surface area contributed by atoms with E-state index in [-0.39, 0.29) is 23.1 Å². The van der Waals surface area contributed by atoms with Crippen LogP contribution in [0.15, 0.2) is 0 Å². The van der Waals surface area contributed by atoms with Crippen LogP contribution in [0.25, 0.3) is 0 Å². The predicted molar refractivity (Wildman–Crippen MR) is 69.9 cm³/mol. The lowest BCUT2D eigenvalue weighted by atomic mass is 9.95. The first kappa shape index (κ1) is 15.9. The second-order valence-corrected chi connectivity index (χ2v) is 5.65. The maximum atomic E-state index is 11.6. The van der Waals surface area contributed by atoms with Crippen molar-refractivity contribution in [3.63, 3.8) is 0 Å². The van der Waals surface area contributed by atoms with Gasteiger partial charge in [0.05, 0.1) is 11.9 Å². The molecule has 0 aromatic rings. The predicted octanol–water partition coefficient (Wildman–Crippen LogP) is 1.93. The van der Waals surface area contributed by atoms with Crippen molar-refractivity contribution >= 4 is 17.4 Å². The van der Waals surface area contributed by atoms with Gasteiger partial charge < -0.3 is 11.1 Å². The van der Waals surface area contributed by atoms with Crippen LogP contribution in [0.3, 0.4) is 0 Å². The van der Waals surface area contributed by atoms with E-state index in [0.29, 0.717) is 6.54 Å². The van der Waals surface area contributed by atoms with Crippen LogP contribution in [0.2, 0.25) is 0 Å². The van der Waals surface area contributed by atoms with Gasteiger partial charge >= 0.3 is 0 Å². The summed E-state index contributed by atoms with van der Waals surface area (Å²) in [6.45, 7) is 7.93. The van der Waals surface area contributed by atoms with Crippen LogP contribution in [0.5, 0.6) is 0 Å². The fourth-order valence-electron chi connectivity index (χ4n) is 1.39. The van der Waals surface area contributed by atoms with Gasteiger partial charge in [-0.2, -0.15) is 0 Å². The molecular formula is C12H25ClN2O. The first-order chi connectivity index (χ1) is 7.40. The zero-order valence-corrected chi connectivity index (χ0v) is 11.4. The smallest absolute Gasteiger partial charge is 0.164 e. The Balaban J connectivity index is 4.06. The number of halogens is 1. The van der Waals surface area contributed by atoms with Gasteiger partial charge in [0, 0.05) is 6.54 Å². The number of ketones is 1. The Morgan fingerprint density at radius 1 is 1.38 bits per heavy atom. The van der Waals surface area contributed by atoms with Crippen molar-refractivity contribution in [2.45, 2.75) is 46.1 Å². The van der Waals surface area contributed by atoms with Gasteiger partial charge in [-0.05, 0) is 24.8 Å². The van der Waals surface area contributed by atoms with Crippen LogP contribution in [-0.2, 0) is 4.79 Å². The van der Waals surface area contributed by atoms with Crippen molar-refractivity contribution in [1.82, 2.24) is 5.32 Å². The van der Waals surface area contributed by atoms with E-state index in [1.165, 1.54) is 0 Å². The normalized spacial score (nSPS) is 13.8. The summed E-state index contributed by atoms with van der Waals surface area (Å²) in [7, 11) is 0. The molecule has 0 aliphatic carbocycles. The van der Waals surface area contributed by atoms with E-state index >= 15 is 0 Å². The second kappa shape index (κ2) is 8.04. The zero-order chi connectivity index (χ0) is 12.6. The van der Waals surface area contributed by atoms with Crippen LogP contribution >= 0.6 is 11.6 Å². The van der Waals surface area contributed by atoms with E-state index in [2.05, 4.69) is 26.1 Å². The van der Waals surface area contributed by atoms with E-state index < -0.39 is 0 Å². The summed E-state index contributed by atoms with van der Waals surface area (Å²) in [5.41, 5.74) is 5.61. The monoisotopic (exact) mass is 248 g/mol. The molecule has 3 nitrogen and oxygen atoms in total. The third-order valence-corrected chi connectivity index (χ3v) is 2.61. The fourth-order valence-corrected chi connectivity index (χ4v) is 1.58. The largest absolute Gasteiger partial charge is 0.330 e. The SMILES string of the molecule is CC(C)(C)CN[C@@H](CCCCN)C(=O)CCl. The van der Waals surface area contributed by atoms with Crippen LogP contribution in [0.1, 0.15) is 40.0 Å². The molecule has 0 bridgehead atoms. The number of carbonyl (C=O) groups excluding carboxylic acids is 1. The lowest BCUT2D eigenvalue weighted by Crippen LogP contribution is -2.41. The molecule has 4 heteroatoms. The number of hydrogen-bond acceptors (Lipinski definition) is 3. The summed E-state index contributed by atoms with van der Waals surface area (Å²) >= 11 is 5.60. The highest BCUT2D eigenvalue weighted by molar-refractivity contribution is 6.28. The van der Waals surface area contributed by atoms with Gasteiger partial charge in [-0.3, -0.25) is 4.79 Å². The molecule has 0 aromatic heterocycles. The van der Waals surface area contributed by atoms with Crippen LogP contribution in [-0.4, -0.2) is 30.8 Å². The van der Waals surface area contributed by atoms with Crippen molar-refractivity contribution in [2.75, 3.05) is 19.0 Å². The molecule has 0 radical (unpaired) electrons. The molecule has 0 saturated carbocycles. The lowest BCUT2D eigenvalue weighted by Gasteiger charge is -2.23. The number of hydrogen-bond donors (Lipinski definition) is 2. The summed E-state index contributed by atoms with van der Waals surface area (Å²) in [6, 6.07) is -0.108. The van der Waals surface area contributed by atoms with Crippen LogP contribution in [0.4, 0.5) is 0 Å². The lowest BCUT2D eigenvalue weighted by molar-refractivity contribution is -0.118.